The van der Waals surface area contributed by atoms with Gasteiger partial charge in [0.1, 0.15) is 18.4 Å². The molecule has 1 aromatic carbocycles. The first-order valence-corrected chi connectivity index (χ1v) is 6.74. The predicted molar refractivity (Wildman–Crippen MR) is 88.3 cm³/mol. The normalized spacial score (nSPS) is 35.5. The topological polar surface area (TPSA) is 50.7 Å². The highest BCUT2D eigenvalue weighted by Crippen LogP contribution is 2.28. The molecule has 22 heavy (non-hydrogen) atoms. The molecule has 0 aromatic heterocycles. The number of aryl methyl sites for hydroxylation is 1. The van der Waals surface area contributed by atoms with Gasteiger partial charge in [0, 0.05) is 31.5 Å². The van der Waals surface area contributed by atoms with Crippen LogP contribution in [0.4, 0.5) is 0 Å². The molecule has 0 heterocycles. The van der Waals surface area contributed by atoms with Crippen LogP contribution >= 0.6 is 0 Å². The fraction of sp³-hybridized carbons (Fsp3) is 0.667. The van der Waals surface area contributed by atoms with Gasteiger partial charge in [0.25, 0.3) is 0 Å². The average molecular weight is 322 g/mol. The molecule has 0 radical (unpaired) electrons. The van der Waals surface area contributed by atoms with Gasteiger partial charge in [-0.15, -0.1) is 0 Å². The van der Waals surface area contributed by atoms with Gasteiger partial charge in [-0.2, -0.15) is 0 Å². The summed E-state index contributed by atoms with van der Waals surface area (Å²) in [7, 11) is 0. The van der Waals surface area contributed by atoms with E-state index in [0.717, 1.165) is 24.3 Å². The third-order valence-electron chi connectivity index (χ3n) is 2.38. The Hall–Kier alpha value is -1.10. The summed E-state index contributed by atoms with van der Waals surface area (Å²) in [6.45, 7) is -7.36. The summed E-state index contributed by atoms with van der Waals surface area (Å²) in [5, 5.41) is 12.6. The van der Waals surface area contributed by atoms with Gasteiger partial charge in [0.2, 0.25) is 0 Å². The van der Waals surface area contributed by atoms with E-state index in [1.807, 2.05) is 0 Å². The van der Waals surface area contributed by atoms with Crippen LogP contribution in [0.5, 0.6) is 5.75 Å². The number of hydrogen-bond donors (Lipinski definition) is 2. The van der Waals surface area contributed by atoms with Gasteiger partial charge in [-0.3, -0.25) is 0 Å². The van der Waals surface area contributed by atoms with Crippen molar-refractivity contribution in [2.75, 3.05) is 26.2 Å². The molecule has 4 heteroatoms. The van der Waals surface area contributed by atoms with Gasteiger partial charge >= 0.3 is 0 Å². The Morgan fingerprint density at radius 1 is 1.45 bits per heavy atom. The van der Waals surface area contributed by atoms with Gasteiger partial charge < -0.3 is 19.9 Å². The number of hydrogen-bond acceptors (Lipinski definition) is 4. The quantitative estimate of drug-likeness (QED) is 0.657. The summed E-state index contributed by atoms with van der Waals surface area (Å²) in [6.07, 6.45) is -11.5. The fourth-order valence-electron chi connectivity index (χ4n) is 1.27. The molecule has 2 N–H and O–H groups in total. The van der Waals surface area contributed by atoms with Crippen LogP contribution in [0, 0.1) is 5.89 Å². The first-order chi connectivity index (χ1) is 15.8. The number of rotatable bonds is 11. The van der Waals surface area contributed by atoms with Crippen molar-refractivity contribution in [3.8, 4) is 5.75 Å². The summed E-state index contributed by atoms with van der Waals surface area (Å²) >= 11 is 0. The van der Waals surface area contributed by atoms with Gasteiger partial charge in [-0.05, 0) is 42.7 Å². The van der Waals surface area contributed by atoms with Crippen molar-refractivity contribution in [1.29, 1.82) is 0 Å². The number of ether oxygens (including phenoxy) is 2. The minimum atomic E-state index is -3.42. The first kappa shape index (κ1) is 6.42. The molecule has 0 bridgehead atoms. The lowest BCUT2D eigenvalue weighted by Crippen LogP contribution is -2.35. The lowest BCUT2D eigenvalue weighted by Gasteiger charge is -2.15. The summed E-state index contributed by atoms with van der Waals surface area (Å²) in [4.78, 5) is 0. The smallest absolute Gasteiger partial charge is 0.119 e. The molecule has 1 saturated carbocycles. The summed E-state index contributed by atoms with van der Waals surface area (Å²) in [5.41, 5.74) is -0.334. The van der Waals surface area contributed by atoms with Crippen LogP contribution in [0.25, 0.3) is 0 Å². The van der Waals surface area contributed by atoms with E-state index in [4.69, 9.17) is 28.7 Å². The zero-order chi connectivity index (χ0) is 28.4. The van der Waals surface area contributed by atoms with Crippen LogP contribution in [0.15, 0.2) is 24.3 Å². The van der Waals surface area contributed by atoms with Crippen molar-refractivity contribution in [1.82, 2.24) is 5.32 Å². The standard InChI is InChI=1S/C18H29NO3/c1-14(2)19-11-17(20)13-22-18-7-5-15(6-8-18)9-10-21-12-16-3-4-16/h5-8,14,16-17,19-20H,3-4,9-13H2,1-2H3/i3D2,4D2,9D2,10D2,11D2,13D2,16D,17D. The fourth-order valence-corrected chi connectivity index (χ4v) is 1.27. The van der Waals surface area contributed by atoms with E-state index in [-0.39, 0.29) is 11.3 Å². The second-order valence-electron chi connectivity index (χ2n) is 4.75. The summed E-state index contributed by atoms with van der Waals surface area (Å²) in [5.74, 6) is -2.76. The molecule has 124 valence electrons. The van der Waals surface area contributed by atoms with Crippen LogP contribution in [-0.2, 0) is 11.1 Å². The average Bonchev–Trinajstić information content (AvgIpc) is 3.01. The largest absolute Gasteiger partial charge is 0.491 e. The van der Waals surface area contributed by atoms with Crippen molar-refractivity contribution in [2.45, 2.75) is 45.1 Å². The molecule has 0 amide bonds. The Morgan fingerprint density at radius 3 is 2.82 bits per heavy atom. The second-order valence-corrected chi connectivity index (χ2v) is 4.75. The third kappa shape index (κ3) is 7.25. The van der Waals surface area contributed by atoms with E-state index in [1.165, 1.54) is 13.8 Å². The predicted octanol–water partition coefficient (Wildman–Crippen LogP) is 2.39. The van der Waals surface area contributed by atoms with Crippen molar-refractivity contribution in [3.05, 3.63) is 29.8 Å². The van der Waals surface area contributed by atoms with Crippen molar-refractivity contribution in [2.24, 2.45) is 5.89 Å². The Bertz CT molecular complexity index is 935. The van der Waals surface area contributed by atoms with Crippen LogP contribution in [-0.4, -0.2) is 43.5 Å². The molecule has 0 saturated heterocycles. The van der Waals surface area contributed by atoms with Crippen LogP contribution < -0.4 is 10.1 Å². The highest BCUT2D eigenvalue weighted by molar-refractivity contribution is 5.27. The number of nitrogens with one attached hydrogen (secondary N) is 1. The molecule has 0 spiro atoms. The van der Waals surface area contributed by atoms with Gasteiger partial charge in [-0.25, -0.2) is 0 Å². The Labute approximate surface area is 153 Å². The van der Waals surface area contributed by atoms with E-state index >= 15 is 0 Å². The summed E-state index contributed by atoms with van der Waals surface area (Å²) in [6, 6.07) is 3.47. The van der Waals surface area contributed by atoms with Gasteiger partial charge in [0.05, 0.1) is 13.4 Å². The van der Waals surface area contributed by atoms with Crippen LogP contribution in [0.2, 0.25) is 0 Å². The Kier molecular flexibility index (Phi) is 2.67. The Morgan fingerprint density at radius 2 is 2.18 bits per heavy atom. The molecule has 1 aliphatic rings. The number of benzene rings is 1. The molecule has 1 aromatic rings. The maximum atomic E-state index is 10.3. The van der Waals surface area contributed by atoms with E-state index < -0.39 is 63.4 Å². The van der Waals surface area contributed by atoms with Gasteiger partial charge in [-0.1, -0.05) is 26.0 Å². The van der Waals surface area contributed by atoms with Crippen LogP contribution in [0.1, 0.15) is 51.3 Å². The molecule has 1 aliphatic carbocycles. The van der Waals surface area contributed by atoms with E-state index in [1.54, 1.807) is 0 Å². The maximum Gasteiger partial charge on any atom is 0.119 e. The molecular weight excluding hydrogens is 278 g/mol. The second kappa shape index (κ2) is 9.13. The Balaban J connectivity index is 2.19. The lowest BCUT2D eigenvalue weighted by molar-refractivity contribution is 0.104. The monoisotopic (exact) mass is 321 g/mol. The minimum absolute atomic E-state index is 0.334. The molecule has 1 fully saturated rings. The van der Waals surface area contributed by atoms with Crippen molar-refractivity contribution in [3.63, 3.8) is 0 Å². The lowest BCUT2D eigenvalue weighted by atomic mass is 10.1. The maximum absolute atomic E-state index is 10.3. The minimum Gasteiger partial charge on any atom is -0.491 e. The summed E-state index contributed by atoms with van der Waals surface area (Å²) < 4.78 is 120. The molecule has 0 aliphatic heterocycles. The third-order valence-corrected chi connectivity index (χ3v) is 2.38. The highest BCUT2D eigenvalue weighted by atomic mass is 16.5. The first-order valence-electron chi connectivity index (χ1n) is 13.7. The molecule has 4 nitrogen and oxygen atoms in total. The molecule has 1 atom stereocenters. The molecular formula is C18H29NO3. The van der Waals surface area contributed by atoms with E-state index in [2.05, 4.69) is 5.32 Å². The van der Waals surface area contributed by atoms with Crippen LogP contribution in [0.3, 0.4) is 0 Å². The highest BCUT2D eigenvalue weighted by Gasteiger charge is 2.20. The molecule has 2 rings (SSSR count). The van der Waals surface area contributed by atoms with Crippen molar-refractivity contribution < 1.29 is 33.8 Å². The zero-order valence-electron chi connectivity index (χ0n) is 26.4. The van der Waals surface area contributed by atoms with E-state index in [0.29, 0.717) is 0 Å². The van der Waals surface area contributed by atoms with E-state index in [9.17, 15) is 5.11 Å². The zero-order valence-corrected chi connectivity index (χ0v) is 12.4. The van der Waals surface area contributed by atoms with Gasteiger partial charge in [0.15, 0.2) is 0 Å². The SMILES string of the molecule is [2H]C([2H])(NC(C)C)C([2H])(O)C([2H])([2H])Oc1ccc(C([2H])([2H])C([2H])([2H])OCC2([2H])C([2H])([2H])C2([2H])[2H])cc1. The van der Waals surface area contributed by atoms with Crippen molar-refractivity contribution >= 4 is 0 Å². The molecule has 1 unspecified atom stereocenters. The number of aliphatic hydroxyl groups is 1.